The van der Waals surface area contributed by atoms with Crippen LogP contribution in [-0.4, -0.2) is 56.7 Å². The number of benzene rings is 1. The minimum absolute atomic E-state index is 0.223. The number of carbonyl (C=O) groups is 1. The van der Waals surface area contributed by atoms with E-state index in [9.17, 15) is 4.79 Å². The summed E-state index contributed by atoms with van der Waals surface area (Å²) in [6.45, 7) is 3.60. The Morgan fingerprint density at radius 3 is 2.70 bits per heavy atom. The molecule has 2 aliphatic rings. The van der Waals surface area contributed by atoms with Crippen LogP contribution in [0, 0.1) is 0 Å². The Morgan fingerprint density at radius 2 is 1.88 bits per heavy atom. The van der Waals surface area contributed by atoms with E-state index in [1.54, 1.807) is 0 Å². The normalized spacial score (nSPS) is 18.6. The Bertz CT molecular complexity index is 1090. The lowest BCUT2D eigenvalue weighted by Crippen LogP contribution is -2.39. The molecule has 3 aromatic rings. The smallest absolute Gasteiger partial charge is 0.225 e. The first-order valence-electron chi connectivity index (χ1n) is 12.1. The summed E-state index contributed by atoms with van der Waals surface area (Å²) in [6.07, 6.45) is 9.68. The predicted molar refractivity (Wildman–Crippen MR) is 129 cm³/mol. The maximum Gasteiger partial charge on any atom is 0.225 e. The Balaban J connectivity index is 1.31. The van der Waals surface area contributed by atoms with Crippen molar-refractivity contribution in [2.24, 2.45) is 7.05 Å². The summed E-state index contributed by atoms with van der Waals surface area (Å²) in [5, 5.41) is 4.83. The summed E-state index contributed by atoms with van der Waals surface area (Å²) < 4.78 is 1.87. The van der Waals surface area contributed by atoms with Gasteiger partial charge in [-0.15, -0.1) is 0 Å². The summed E-state index contributed by atoms with van der Waals surface area (Å²) >= 11 is 0. The Morgan fingerprint density at radius 1 is 1.06 bits per heavy atom. The van der Waals surface area contributed by atoms with Crippen molar-refractivity contribution in [2.45, 2.75) is 44.4 Å². The van der Waals surface area contributed by atoms with Gasteiger partial charge in [0.15, 0.2) is 0 Å². The molecule has 4 heterocycles. The predicted octanol–water partition coefficient (Wildman–Crippen LogP) is 3.82. The van der Waals surface area contributed by atoms with E-state index in [-0.39, 0.29) is 11.8 Å². The monoisotopic (exact) mass is 444 g/mol. The van der Waals surface area contributed by atoms with Crippen LogP contribution in [0.3, 0.4) is 0 Å². The third-order valence-corrected chi connectivity index (χ3v) is 6.80. The second kappa shape index (κ2) is 9.73. The van der Waals surface area contributed by atoms with E-state index in [1.807, 2.05) is 47.1 Å². The molecule has 33 heavy (non-hydrogen) atoms. The van der Waals surface area contributed by atoms with E-state index >= 15 is 0 Å². The van der Waals surface area contributed by atoms with Gasteiger partial charge in [0.25, 0.3) is 0 Å². The Labute approximate surface area is 195 Å². The number of amides is 1. The van der Waals surface area contributed by atoms with Crippen LogP contribution in [0.25, 0.3) is 11.3 Å². The van der Waals surface area contributed by atoms with Gasteiger partial charge in [0, 0.05) is 63.5 Å². The number of likely N-dealkylation sites (tertiary alicyclic amines) is 1. The van der Waals surface area contributed by atoms with Gasteiger partial charge in [-0.25, -0.2) is 9.97 Å². The molecule has 2 saturated heterocycles. The molecular weight excluding hydrogens is 412 g/mol. The van der Waals surface area contributed by atoms with E-state index < -0.39 is 0 Å². The van der Waals surface area contributed by atoms with Crippen LogP contribution in [0.1, 0.15) is 49.3 Å². The summed E-state index contributed by atoms with van der Waals surface area (Å²) in [4.78, 5) is 26.7. The van der Waals surface area contributed by atoms with Gasteiger partial charge in [-0.05, 0) is 43.7 Å². The van der Waals surface area contributed by atoms with Crippen molar-refractivity contribution < 1.29 is 4.79 Å². The number of rotatable bonds is 6. The summed E-state index contributed by atoms with van der Waals surface area (Å²) in [5.74, 6) is 1.27. The van der Waals surface area contributed by atoms with Crippen LogP contribution in [0.15, 0.2) is 48.8 Å². The van der Waals surface area contributed by atoms with Crippen molar-refractivity contribution in [1.82, 2.24) is 24.6 Å². The zero-order valence-electron chi connectivity index (χ0n) is 19.4. The maximum atomic E-state index is 13.0. The quantitative estimate of drug-likeness (QED) is 0.578. The summed E-state index contributed by atoms with van der Waals surface area (Å²) in [5.41, 5.74) is 4.24. The fourth-order valence-electron chi connectivity index (χ4n) is 5.05. The second-order valence-electron chi connectivity index (χ2n) is 9.20. The van der Waals surface area contributed by atoms with E-state index in [0.717, 1.165) is 68.3 Å². The van der Waals surface area contributed by atoms with E-state index in [2.05, 4.69) is 28.2 Å². The zero-order valence-corrected chi connectivity index (χ0v) is 19.4. The van der Waals surface area contributed by atoms with Gasteiger partial charge in [0.2, 0.25) is 11.9 Å². The van der Waals surface area contributed by atoms with Crippen molar-refractivity contribution in [3.8, 4) is 11.3 Å². The first kappa shape index (κ1) is 21.6. The molecule has 0 aliphatic carbocycles. The lowest BCUT2D eigenvalue weighted by molar-refractivity contribution is -0.132. The lowest BCUT2D eigenvalue weighted by atomic mass is 9.91. The van der Waals surface area contributed by atoms with Crippen LogP contribution in [0.2, 0.25) is 0 Å². The number of aryl methyl sites for hydroxylation is 2. The van der Waals surface area contributed by atoms with Crippen LogP contribution in [-0.2, 0) is 18.3 Å². The molecule has 172 valence electrons. The van der Waals surface area contributed by atoms with Crippen LogP contribution in [0.5, 0.6) is 0 Å². The molecule has 7 nitrogen and oxygen atoms in total. The van der Waals surface area contributed by atoms with Crippen molar-refractivity contribution in [3.63, 3.8) is 0 Å². The average molecular weight is 445 g/mol. The summed E-state index contributed by atoms with van der Waals surface area (Å²) in [6, 6.07) is 12.2. The van der Waals surface area contributed by atoms with Crippen LogP contribution in [0.4, 0.5) is 5.95 Å². The largest absolute Gasteiger partial charge is 0.342 e. The molecule has 1 atom stereocenters. The third-order valence-electron chi connectivity index (χ3n) is 6.80. The minimum Gasteiger partial charge on any atom is -0.342 e. The van der Waals surface area contributed by atoms with E-state index in [0.29, 0.717) is 6.42 Å². The number of carbonyl (C=O) groups excluding carboxylic acids is 1. The molecule has 1 unspecified atom stereocenters. The van der Waals surface area contributed by atoms with Gasteiger partial charge >= 0.3 is 0 Å². The number of hydrogen-bond acceptors (Lipinski definition) is 5. The van der Waals surface area contributed by atoms with Crippen molar-refractivity contribution in [2.75, 3.05) is 31.1 Å². The van der Waals surface area contributed by atoms with Crippen molar-refractivity contribution in [1.29, 1.82) is 0 Å². The third kappa shape index (κ3) is 4.92. The van der Waals surface area contributed by atoms with Crippen LogP contribution >= 0.6 is 0 Å². The Kier molecular flexibility index (Phi) is 6.37. The molecule has 0 N–H and O–H groups in total. The molecule has 0 spiro atoms. The highest BCUT2D eigenvalue weighted by Crippen LogP contribution is 2.33. The first-order chi connectivity index (χ1) is 16.2. The average Bonchev–Trinajstić information content (AvgIpc) is 3.54. The second-order valence-corrected chi connectivity index (χ2v) is 9.20. The molecule has 0 saturated carbocycles. The molecule has 2 aromatic heterocycles. The summed E-state index contributed by atoms with van der Waals surface area (Å²) in [7, 11) is 1.96. The fraction of sp³-hybridized carbons (Fsp3) is 0.462. The minimum atomic E-state index is 0.223. The number of hydrogen-bond donors (Lipinski definition) is 0. The van der Waals surface area contributed by atoms with Gasteiger partial charge in [-0.2, -0.15) is 5.10 Å². The topological polar surface area (TPSA) is 67.2 Å². The highest BCUT2D eigenvalue weighted by molar-refractivity contribution is 5.76. The van der Waals surface area contributed by atoms with Crippen LogP contribution < -0.4 is 4.90 Å². The van der Waals surface area contributed by atoms with Gasteiger partial charge < -0.3 is 9.80 Å². The molecule has 0 radical (unpaired) electrons. The van der Waals surface area contributed by atoms with E-state index in [1.165, 1.54) is 18.4 Å². The molecule has 7 heteroatoms. The van der Waals surface area contributed by atoms with Crippen molar-refractivity contribution in [3.05, 3.63) is 60.0 Å². The lowest BCUT2D eigenvalue weighted by Gasteiger charge is -2.32. The molecule has 2 fully saturated rings. The van der Waals surface area contributed by atoms with Gasteiger partial charge in [0.1, 0.15) is 0 Å². The molecule has 1 amide bonds. The zero-order chi connectivity index (χ0) is 22.6. The first-order valence-corrected chi connectivity index (χ1v) is 12.1. The number of aromatic nitrogens is 4. The molecule has 2 aliphatic heterocycles. The molecule has 1 aromatic carbocycles. The van der Waals surface area contributed by atoms with E-state index in [4.69, 9.17) is 10.1 Å². The molecule has 5 rings (SSSR count). The fourth-order valence-corrected chi connectivity index (χ4v) is 5.05. The Hall–Kier alpha value is -3.22. The highest BCUT2D eigenvalue weighted by atomic mass is 16.2. The maximum absolute atomic E-state index is 13.0. The number of piperidine rings is 1. The SMILES string of the molecule is Cn1cc(-c2ccnc(N3CCCC3)n2)c(C2CCCN(C(=O)CCc3ccccc3)C2)n1. The molecular formula is C26H32N6O. The highest BCUT2D eigenvalue weighted by Gasteiger charge is 2.29. The number of nitrogens with zero attached hydrogens (tertiary/aromatic N) is 6. The van der Waals surface area contributed by atoms with Gasteiger partial charge in [-0.1, -0.05) is 30.3 Å². The van der Waals surface area contributed by atoms with Gasteiger partial charge in [-0.3, -0.25) is 9.48 Å². The molecule has 0 bridgehead atoms. The van der Waals surface area contributed by atoms with Gasteiger partial charge in [0.05, 0.1) is 11.4 Å². The van der Waals surface area contributed by atoms with Crippen molar-refractivity contribution >= 4 is 11.9 Å². The number of anilines is 1. The standard InChI is InChI=1S/C26H32N6O/c1-30-19-22(23-13-14-27-26(28-23)31-15-5-6-16-31)25(29-30)21-10-7-17-32(18-21)24(33)12-11-20-8-3-2-4-9-20/h2-4,8-9,13-14,19,21H,5-7,10-12,15-18H2,1H3.